The number of hydrogen-bond acceptors (Lipinski definition) is 11. The first-order chi connectivity index (χ1) is 21.9. The second-order valence-electron chi connectivity index (χ2n) is 12.9. The van der Waals surface area contributed by atoms with Crippen LogP contribution < -0.4 is 9.64 Å². The van der Waals surface area contributed by atoms with Crippen LogP contribution in [0.1, 0.15) is 43.2 Å². The number of piperidine rings is 1. The SMILES string of the molecule is Cc1cc2[nH]ncc2c2c1CCOC(=O)OCC1CC(O)CN(C1)c1nc(OCC34CCCN3CCC4)nc3c(F)c-2ncc13. The number of aromatic amines is 1. The lowest BCUT2D eigenvalue weighted by Gasteiger charge is -2.36. The highest BCUT2D eigenvalue weighted by atomic mass is 19.1. The first-order valence-electron chi connectivity index (χ1n) is 15.8. The van der Waals surface area contributed by atoms with Crippen LogP contribution in [0.4, 0.5) is 15.0 Å². The second-order valence-corrected chi connectivity index (χ2v) is 12.9. The summed E-state index contributed by atoms with van der Waals surface area (Å²) in [4.78, 5) is 31.1. The number of carbonyl (C=O) groups is 1. The number of nitrogens with one attached hydrogen (secondary N) is 1. The molecule has 3 saturated heterocycles. The number of aryl methyl sites for hydroxylation is 1. The predicted octanol–water partition coefficient (Wildman–Crippen LogP) is 3.92. The quantitative estimate of drug-likeness (QED) is 0.324. The molecular formula is C32H36FN7O5. The highest BCUT2D eigenvalue weighted by Gasteiger charge is 2.45. The molecule has 0 aliphatic carbocycles. The summed E-state index contributed by atoms with van der Waals surface area (Å²) in [6.07, 6.45) is 6.88. The average Bonchev–Trinajstić information content (AvgIpc) is 3.75. The molecule has 2 atom stereocenters. The zero-order chi connectivity index (χ0) is 30.7. The van der Waals surface area contributed by atoms with Gasteiger partial charge in [0.15, 0.2) is 5.82 Å². The molecular weight excluding hydrogens is 581 g/mol. The zero-order valence-corrected chi connectivity index (χ0v) is 25.2. The molecule has 12 nitrogen and oxygen atoms in total. The highest BCUT2D eigenvalue weighted by Crippen LogP contribution is 2.41. The first-order valence-corrected chi connectivity index (χ1v) is 15.8. The van der Waals surface area contributed by atoms with E-state index in [0.29, 0.717) is 48.1 Å². The van der Waals surface area contributed by atoms with Crippen molar-refractivity contribution in [1.82, 2.24) is 30.0 Å². The molecule has 0 radical (unpaired) electrons. The number of carbonyl (C=O) groups excluding carboxylic acids is 1. The molecule has 0 saturated carbocycles. The molecule has 236 valence electrons. The first kappa shape index (κ1) is 28.4. The van der Waals surface area contributed by atoms with Crippen LogP contribution in [0, 0.1) is 18.7 Å². The third-order valence-electron chi connectivity index (χ3n) is 10.1. The minimum absolute atomic E-state index is 0.0354. The van der Waals surface area contributed by atoms with E-state index in [2.05, 4.69) is 25.1 Å². The van der Waals surface area contributed by atoms with Crippen molar-refractivity contribution < 1.29 is 28.5 Å². The third kappa shape index (κ3) is 4.92. The fraction of sp³-hybridized carbons (Fsp3) is 0.531. The number of aliphatic hydroxyl groups is 1. The molecule has 3 fully saturated rings. The Morgan fingerprint density at radius 2 is 2.00 bits per heavy atom. The Morgan fingerprint density at radius 3 is 2.84 bits per heavy atom. The molecule has 3 aromatic heterocycles. The molecule has 1 aromatic carbocycles. The summed E-state index contributed by atoms with van der Waals surface area (Å²) in [5.41, 5.74) is 3.12. The van der Waals surface area contributed by atoms with Gasteiger partial charge in [-0.2, -0.15) is 15.1 Å². The Morgan fingerprint density at radius 1 is 1.16 bits per heavy atom. The van der Waals surface area contributed by atoms with Crippen LogP contribution in [0.2, 0.25) is 0 Å². The molecule has 6 bridgehead atoms. The lowest BCUT2D eigenvalue weighted by Crippen LogP contribution is -2.45. The summed E-state index contributed by atoms with van der Waals surface area (Å²) in [5, 5.41) is 19.1. The number of pyridine rings is 1. The van der Waals surface area contributed by atoms with E-state index < -0.39 is 18.1 Å². The van der Waals surface area contributed by atoms with Gasteiger partial charge >= 0.3 is 12.2 Å². The van der Waals surface area contributed by atoms with Crippen LogP contribution in [0.3, 0.4) is 0 Å². The van der Waals surface area contributed by atoms with E-state index in [-0.39, 0.29) is 48.4 Å². The Hall–Kier alpha value is -4.10. The van der Waals surface area contributed by atoms with E-state index in [9.17, 15) is 9.90 Å². The van der Waals surface area contributed by atoms with Gasteiger partial charge in [-0.05, 0) is 69.3 Å². The molecule has 0 amide bonds. The fourth-order valence-electron chi connectivity index (χ4n) is 7.95. The number of aliphatic hydroxyl groups excluding tert-OH is 1. The van der Waals surface area contributed by atoms with Crippen molar-refractivity contribution in [3.05, 3.63) is 35.4 Å². The van der Waals surface area contributed by atoms with Crippen LogP contribution in [-0.4, -0.2) is 99.0 Å². The Balaban J connectivity index is 1.30. The van der Waals surface area contributed by atoms with Gasteiger partial charge in [-0.1, -0.05) is 0 Å². The summed E-state index contributed by atoms with van der Waals surface area (Å²) in [7, 11) is 0. The molecule has 8 heterocycles. The van der Waals surface area contributed by atoms with Crippen molar-refractivity contribution >= 4 is 33.8 Å². The van der Waals surface area contributed by atoms with Crippen molar-refractivity contribution in [3.8, 4) is 17.3 Å². The number of nitrogens with zero attached hydrogens (tertiary/aromatic N) is 6. The monoisotopic (exact) mass is 617 g/mol. The number of hydrogen-bond donors (Lipinski definition) is 2. The van der Waals surface area contributed by atoms with Gasteiger partial charge in [-0.3, -0.25) is 15.0 Å². The molecule has 4 aromatic rings. The minimum Gasteiger partial charge on any atom is -0.461 e. The lowest BCUT2D eigenvalue weighted by atomic mass is 9.93. The van der Waals surface area contributed by atoms with Gasteiger partial charge < -0.3 is 24.2 Å². The molecule has 2 unspecified atom stereocenters. The Bertz CT molecular complexity index is 1790. The van der Waals surface area contributed by atoms with Gasteiger partial charge in [0, 0.05) is 42.6 Å². The minimum atomic E-state index is -0.780. The summed E-state index contributed by atoms with van der Waals surface area (Å²) in [6, 6.07) is 2.04. The Labute approximate surface area is 258 Å². The number of halogens is 1. The van der Waals surface area contributed by atoms with E-state index in [1.165, 1.54) is 0 Å². The molecule has 5 aliphatic rings. The van der Waals surface area contributed by atoms with Gasteiger partial charge in [0.2, 0.25) is 0 Å². The fourth-order valence-corrected chi connectivity index (χ4v) is 7.95. The number of H-pyrrole nitrogens is 1. The molecule has 0 spiro atoms. The topological polar surface area (TPSA) is 139 Å². The number of benzene rings is 1. The van der Waals surface area contributed by atoms with Crippen LogP contribution in [-0.2, 0) is 15.9 Å². The normalized spacial score (nSPS) is 23.4. The predicted molar refractivity (Wildman–Crippen MR) is 163 cm³/mol. The summed E-state index contributed by atoms with van der Waals surface area (Å²) in [6.45, 7) is 5.26. The standard InChI is InChI=1S/C32H36FN7O5/c1-18-10-24-22(13-35-38-24)25-21(18)4-9-43-31(42)44-16-19-11-20(41)15-39(14-19)29-23-12-34-28(25)26(33)27(23)36-30(37-29)45-17-32-5-2-7-40(32)8-3-6-32/h10,12-13,19-20,41H,2-9,11,14-17H2,1H3,(H,35,38). The lowest BCUT2D eigenvalue weighted by molar-refractivity contribution is 0.0323. The highest BCUT2D eigenvalue weighted by molar-refractivity contribution is 5.99. The number of fused-ring (bicyclic) bond motifs is 8. The summed E-state index contributed by atoms with van der Waals surface area (Å²) >= 11 is 0. The summed E-state index contributed by atoms with van der Waals surface area (Å²) in [5.74, 6) is -0.364. The molecule has 5 aliphatic heterocycles. The maximum absolute atomic E-state index is 17.0. The van der Waals surface area contributed by atoms with Gasteiger partial charge in [-0.25, -0.2) is 9.18 Å². The average molecular weight is 618 g/mol. The molecule has 45 heavy (non-hydrogen) atoms. The van der Waals surface area contributed by atoms with Crippen LogP contribution >= 0.6 is 0 Å². The molecule has 13 heteroatoms. The maximum atomic E-state index is 17.0. The van der Waals surface area contributed by atoms with Gasteiger partial charge in [0.1, 0.15) is 23.6 Å². The van der Waals surface area contributed by atoms with E-state index in [1.807, 2.05) is 17.9 Å². The van der Waals surface area contributed by atoms with Crippen molar-refractivity contribution in [2.45, 2.75) is 57.1 Å². The van der Waals surface area contributed by atoms with Crippen LogP contribution in [0.25, 0.3) is 33.1 Å². The van der Waals surface area contributed by atoms with E-state index in [4.69, 9.17) is 19.2 Å². The van der Waals surface area contributed by atoms with E-state index in [0.717, 1.165) is 55.4 Å². The Kier molecular flexibility index (Phi) is 6.97. The van der Waals surface area contributed by atoms with Crippen LogP contribution in [0.15, 0.2) is 18.5 Å². The maximum Gasteiger partial charge on any atom is 0.508 e. The van der Waals surface area contributed by atoms with Gasteiger partial charge in [-0.15, -0.1) is 0 Å². The van der Waals surface area contributed by atoms with Crippen molar-refractivity contribution in [2.75, 3.05) is 50.9 Å². The van der Waals surface area contributed by atoms with Crippen molar-refractivity contribution in [1.29, 1.82) is 0 Å². The smallest absolute Gasteiger partial charge is 0.461 e. The van der Waals surface area contributed by atoms with Crippen molar-refractivity contribution in [3.63, 3.8) is 0 Å². The third-order valence-corrected chi connectivity index (χ3v) is 10.1. The van der Waals surface area contributed by atoms with Gasteiger partial charge in [0.05, 0.1) is 42.0 Å². The second kappa shape index (κ2) is 11.1. The number of ether oxygens (including phenoxy) is 3. The van der Waals surface area contributed by atoms with Crippen LogP contribution in [0.5, 0.6) is 6.01 Å². The van der Waals surface area contributed by atoms with Crippen molar-refractivity contribution in [2.24, 2.45) is 5.92 Å². The van der Waals surface area contributed by atoms with Gasteiger partial charge in [0.25, 0.3) is 0 Å². The molecule has 2 N–H and O–H groups in total. The largest absolute Gasteiger partial charge is 0.508 e. The van der Waals surface area contributed by atoms with E-state index >= 15 is 4.39 Å². The zero-order valence-electron chi connectivity index (χ0n) is 25.2. The van der Waals surface area contributed by atoms with E-state index in [1.54, 1.807) is 12.4 Å². The number of anilines is 1. The number of aromatic nitrogens is 5. The molecule has 9 rings (SSSR count). The summed E-state index contributed by atoms with van der Waals surface area (Å²) < 4.78 is 34.2. The number of rotatable bonds is 3.